The first-order valence-corrected chi connectivity index (χ1v) is 7.13. The fraction of sp³-hybridized carbons (Fsp3) is 0.364. The van der Waals surface area contributed by atoms with Crippen LogP contribution in [-0.2, 0) is 0 Å². The van der Waals surface area contributed by atoms with Crippen molar-refractivity contribution < 1.29 is 0 Å². The molecule has 1 fully saturated rings. The molecule has 0 amide bonds. The van der Waals surface area contributed by atoms with Crippen molar-refractivity contribution in [1.82, 2.24) is 4.98 Å². The lowest BCUT2D eigenvalue weighted by Crippen LogP contribution is -2.33. The van der Waals surface area contributed by atoms with Gasteiger partial charge in [-0.25, -0.2) is 4.98 Å². The van der Waals surface area contributed by atoms with Gasteiger partial charge in [0.25, 0.3) is 0 Å². The highest BCUT2D eigenvalue weighted by Gasteiger charge is 2.14. The largest absolute Gasteiger partial charge is 0.354 e. The number of nitrogens with zero attached hydrogens (tertiary/aromatic N) is 2. The second-order valence-electron chi connectivity index (χ2n) is 3.57. The normalized spacial score (nSPS) is 17.2. The number of anilines is 1. The van der Waals surface area contributed by atoms with E-state index in [9.17, 15) is 0 Å². The molecule has 0 saturated carbocycles. The zero-order chi connectivity index (χ0) is 10.1. The average molecular weight is 236 g/mol. The summed E-state index contributed by atoms with van der Waals surface area (Å²) in [5.41, 5.74) is 0. The highest BCUT2D eigenvalue weighted by Crippen LogP contribution is 2.29. The van der Waals surface area contributed by atoms with Crippen LogP contribution in [0, 0.1) is 0 Å². The first kappa shape index (κ1) is 9.48. The van der Waals surface area contributed by atoms with E-state index in [1.165, 1.54) is 27.4 Å². The van der Waals surface area contributed by atoms with Crippen molar-refractivity contribution in [3.05, 3.63) is 23.7 Å². The Hall–Kier alpha value is -0.740. The molecule has 1 aliphatic rings. The van der Waals surface area contributed by atoms with Crippen LogP contribution in [0.25, 0.3) is 10.1 Å². The number of aromatic nitrogens is 1. The Balaban J connectivity index is 2.05. The van der Waals surface area contributed by atoms with Gasteiger partial charge in [0.15, 0.2) is 0 Å². The van der Waals surface area contributed by atoms with Crippen LogP contribution in [0.3, 0.4) is 0 Å². The molecule has 2 aromatic rings. The van der Waals surface area contributed by atoms with Gasteiger partial charge in [-0.3, -0.25) is 0 Å². The Morgan fingerprint density at radius 3 is 2.93 bits per heavy atom. The number of fused-ring (bicyclic) bond motifs is 1. The minimum atomic E-state index is 1.13. The second kappa shape index (κ2) is 4.02. The van der Waals surface area contributed by atoms with Crippen molar-refractivity contribution in [3.8, 4) is 0 Å². The van der Waals surface area contributed by atoms with Crippen LogP contribution in [0.5, 0.6) is 0 Å². The SMILES string of the molecule is c1cc2sccc2c(N2CCSCC2)n1. The van der Waals surface area contributed by atoms with Crippen molar-refractivity contribution in [1.29, 1.82) is 0 Å². The minimum absolute atomic E-state index is 1.13. The van der Waals surface area contributed by atoms with E-state index in [4.69, 9.17) is 0 Å². The van der Waals surface area contributed by atoms with Crippen molar-refractivity contribution in [2.24, 2.45) is 0 Å². The van der Waals surface area contributed by atoms with Crippen LogP contribution >= 0.6 is 23.1 Å². The van der Waals surface area contributed by atoms with E-state index in [2.05, 4.69) is 27.4 Å². The van der Waals surface area contributed by atoms with Crippen molar-refractivity contribution in [2.75, 3.05) is 29.5 Å². The summed E-state index contributed by atoms with van der Waals surface area (Å²) >= 11 is 3.83. The Morgan fingerprint density at radius 1 is 1.20 bits per heavy atom. The van der Waals surface area contributed by atoms with Gasteiger partial charge in [-0.15, -0.1) is 11.3 Å². The van der Waals surface area contributed by atoms with Gasteiger partial charge in [0, 0.05) is 40.9 Å². The van der Waals surface area contributed by atoms with E-state index in [1.807, 2.05) is 18.0 Å². The molecule has 1 saturated heterocycles. The van der Waals surface area contributed by atoms with Crippen LogP contribution < -0.4 is 4.90 Å². The summed E-state index contributed by atoms with van der Waals surface area (Å²) in [5, 5.41) is 3.46. The third kappa shape index (κ3) is 1.72. The maximum Gasteiger partial charge on any atom is 0.137 e. The topological polar surface area (TPSA) is 16.1 Å². The van der Waals surface area contributed by atoms with Gasteiger partial charge >= 0.3 is 0 Å². The van der Waals surface area contributed by atoms with E-state index < -0.39 is 0 Å². The molecule has 0 aliphatic carbocycles. The van der Waals surface area contributed by atoms with Gasteiger partial charge in [-0.2, -0.15) is 11.8 Å². The Kier molecular flexibility index (Phi) is 2.54. The second-order valence-corrected chi connectivity index (χ2v) is 5.74. The summed E-state index contributed by atoms with van der Waals surface area (Å²) in [5.74, 6) is 3.62. The maximum atomic E-state index is 4.53. The summed E-state index contributed by atoms with van der Waals surface area (Å²) in [7, 11) is 0. The molecule has 0 unspecified atom stereocenters. The summed E-state index contributed by atoms with van der Waals surface area (Å²) in [4.78, 5) is 6.93. The summed E-state index contributed by atoms with van der Waals surface area (Å²) in [6.45, 7) is 2.26. The Labute approximate surface area is 97.3 Å². The molecule has 3 rings (SSSR count). The van der Waals surface area contributed by atoms with Crippen molar-refractivity contribution in [2.45, 2.75) is 0 Å². The lowest BCUT2D eigenvalue weighted by atomic mass is 10.3. The van der Waals surface area contributed by atoms with Gasteiger partial charge in [-0.05, 0) is 17.5 Å². The molecule has 0 aromatic carbocycles. The van der Waals surface area contributed by atoms with Gasteiger partial charge in [0.1, 0.15) is 5.82 Å². The van der Waals surface area contributed by atoms with Crippen LogP contribution in [0.15, 0.2) is 23.7 Å². The molecule has 0 bridgehead atoms. The molecule has 1 aliphatic heterocycles. The third-order valence-electron chi connectivity index (χ3n) is 2.67. The number of hydrogen-bond donors (Lipinski definition) is 0. The quantitative estimate of drug-likeness (QED) is 0.757. The van der Waals surface area contributed by atoms with Crippen molar-refractivity contribution in [3.63, 3.8) is 0 Å². The lowest BCUT2D eigenvalue weighted by molar-refractivity contribution is 0.845. The number of hydrogen-bond acceptors (Lipinski definition) is 4. The molecule has 4 heteroatoms. The molecule has 0 atom stereocenters. The van der Waals surface area contributed by atoms with Crippen LogP contribution in [0.2, 0.25) is 0 Å². The van der Waals surface area contributed by atoms with E-state index in [1.54, 1.807) is 11.3 Å². The summed E-state index contributed by atoms with van der Waals surface area (Å²) in [6.07, 6.45) is 1.93. The predicted molar refractivity (Wildman–Crippen MR) is 69.2 cm³/mol. The molecule has 2 nitrogen and oxygen atoms in total. The molecule has 78 valence electrons. The molecule has 3 heterocycles. The zero-order valence-electron chi connectivity index (χ0n) is 8.35. The third-order valence-corrected chi connectivity index (χ3v) is 4.49. The molecule has 15 heavy (non-hydrogen) atoms. The minimum Gasteiger partial charge on any atom is -0.354 e. The highest BCUT2D eigenvalue weighted by atomic mass is 32.2. The Morgan fingerprint density at radius 2 is 2.07 bits per heavy atom. The monoisotopic (exact) mass is 236 g/mol. The first-order valence-electron chi connectivity index (χ1n) is 5.10. The van der Waals surface area contributed by atoms with Crippen molar-refractivity contribution >= 4 is 39.0 Å². The molecule has 0 radical (unpaired) electrons. The standard InChI is InChI=1S/C11H12N2S2/c1-3-12-11(9-2-6-15-10(1)9)13-4-7-14-8-5-13/h1-3,6H,4-5,7-8H2. The highest BCUT2D eigenvalue weighted by molar-refractivity contribution is 7.99. The maximum absolute atomic E-state index is 4.53. The van der Waals surface area contributed by atoms with Gasteiger partial charge in [-0.1, -0.05) is 0 Å². The molecule has 0 N–H and O–H groups in total. The average Bonchev–Trinajstić information content (AvgIpc) is 2.78. The van der Waals surface area contributed by atoms with Gasteiger partial charge in [0.05, 0.1) is 0 Å². The number of thiophene rings is 1. The number of pyridine rings is 1. The fourth-order valence-corrected chi connectivity index (χ4v) is 3.59. The van der Waals surface area contributed by atoms with Gasteiger partial charge < -0.3 is 4.90 Å². The van der Waals surface area contributed by atoms with E-state index in [-0.39, 0.29) is 0 Å². The molecule has 0 spiro atoms. The zero-order valence-corrected chi connectivity index (χ0v) is 9.98. The first-order chi connectivity index (χ1) is 7.45. The summed E-state index contributed by atoms with van der Waals surface area (Å²) in [6, 6.07) is 4.28. The lowest BCUT2D eigenvalue weighted by Gasteiger charge is -2.27. The van der Waals surface area contributed by atoms with Crippen LogP contribution in [-0.4, -0.2) is 29.6 Å². The molecule has 2 aromatic heterocycles. The summed E-state index contributed by atoms with van der Waals surface area (Å²) < 4.78 is 1.35. The van der Waals surface area contributed by atoms with Crippen LogP contribution in [0.1, 0.15) is 0 Å². The number of rotatable bonds is 1. The van der Waals surface area contributed by atoms with E-state index in [0.717, 1.165) is 13.1 Å². The van der Waals surface area contributed by atoms with Crippen LogP contribution in [0.4, 0.5) is 5.82 Å². The molecular formula is C11H12N2S2. The predicted octanol–water partition coefficient (Wildman–Crippen LogP) is 2.85. The van der Waals surface area contributed by atoms with Gasteiger partial charge in [0.2, 0.25) is 0 Å². The fourth-order valence-electron chi connectivity index (χ4n) is 1.91. The molecular weight excluding hydrogens is 224 g/mol. The Bertz CT molecular complexity index is 460. The smallest absolute Gasteiger partial charge is 0.137 e. The van der Waals surface area contributed by atoms with E-state index in [0.29, 0.717) is 0 Å². The van der Waals surface area contributed by atoms with E-state index >= 15 is 0 Å². The number of thioether (sulfide) groups is 1.